The first-order chi connectivity index (χ1) is 4.56. The zero-order chi connectivity index (χ0) is 8.04. The fraction of sp³-hybridized carbons (Fsp3) is 1.00. The first kappa shape index (κ1) is 13.0. The number of unbranched alkanes of at least 4 members (excludes halogenated alkanes) is 2. The van der Waals surface area contributed by atoms with Crippen molar-refractivity contribution in [2.45, 2.75) is 26.2 Å². The third-order valence-electron chi connectivity index (χ3n) is 1.01. The van der Waals surface area contributed by atoms with Crippen LogP contribution in [0.25, 0.3) is 0 Å². The van der Waals surface area contributed by atoms with Crippen LogP contribution in [0.2, 0.25) is 0 Å². The Morgan fingerprint density at radius 3 is 2.20 bits per heavy atom. The van der Waals surface area contributed by atoms with E-state index in [1.165, 1.54) is 19.3 Å². The van der Waals surface area contributed by atoms with Gasteiger partial charge in [-0.2, -0.15) is 0 Å². The van der Waals surface area contributed by atoms with Crippen LogP contribution in [0.4, 0.5) is 0 Å². The van der Waals surface area contributed by atoms with E-state index in [2.05, 4.69) is 61.1 Å². The Balaban J connectivity index is 3.04. The van der Waals surface area contributed by atoms with E-state index in [9.17, 15) is 0 Å². The van der Waals surface area contributed by atoms with E-state index in [4.69, 9.17) is 2.81 Å². The first-order valence-corrected chi connectivity index (χ1v) is 26.2. The molecule has 0 aliphatic heterocycles. The van der Waals surface area contributed by atoms with Crippen molar-refractivity contribution in [1.29, 1.82) is 0 Å². The summed E-state index contributed by atoms with van der Waals surface area (Å²) in [5.74, 6) is 0. The van der Waals surface area contributed by atoms with Crippen molar-refractivity contribution < 1.29 is 10.9 Å². The number of hydrogen-bond acceptors (Lipinski definition) is 1. The monoisotopic (exact) mass is 558 g/mol. The number of rotatable bonds is 5. The molecule has 62 valence electrons. The molecule has 0 aromatic heterocycles. The van der Waals surface area contributed by atoms with Crippen molar-refractivity contribution in [3.63, 3.8) is 0 Å². The molecule has 1 nitrogen and oxygen atoms in total. The summed E-state index contributed by atoms with van der Waals surface area (Å²) in [6.07, 6.45) is 3.84. The van der Waals surface area contributed by atoms with E-state index in [1.807, 2.05) is 0 Å². The van der Waals surface area contributed by atoms with Crippen LogP contribution in [-0.2, 0) is 10.9 Å². The summed E-state index contributed by atoms with van der Waals surface area (Å²) in [6, 6.07) is 0. The van der Waals surface area contributed by atoms with Crippen molar-refractivity contribution in [2.75, 3.05) is 6.61 Å². The van der Waals surface area contributed by atoms with Crippen LogP contribution in [-0.4, -0.2) is 6.61 Å². The van der Waals surface area contributed by atoms with E-state index in [0.717, 1.165) is 6.61 Å². The summed E-state index contributed by atoms with van der Waals surface area (Å²) >= 11 is 7.47. The van der Waals surface area contributed by atoms with Crippen LogP contribution in [0, 0.1) is 0 Å². The zero-order valence-electron chi connectivity index (χ0n) is 5.87. The van der Waals surface area contributed by atoms with Gasteiger partial charge in [0.25, 0.3) is 0 Å². The molecule has 5 heteroatoms. The topological polar surface area (TPSA) is 9.23 Å². The second-order valence-corrected chi connectivity index (χ2v) is 68.5. The summed E-state index contributed by atoms with van der Waals surface area (Å²) in [7, 11) is -1.94. The third-order valence-corrected chi connectivity index (χ3v) is 7.85. The van der Waals surface area contributed by atoms with Crippen molar-refractivity contribution in [3.8, 4) is 0 Å². The van der Waals surface area contributed by atoms with Gasteiger partial charge in [0, 0.05) is 0 Å². The van der Waals surface area contributed by atoms with Crippen LogP contribution in [0.1, 0.15) is 26.2 Å². The van der Waals surface area contributed by atoms with Crippen molar-refractivity contribution >= 4 is 54.1 Å². The van der Waals surface area contributed by atoms with E-state index in [0.29, 0.717) is 0 Å². The fourth-order valence-electron chi connectivity index (χ4n) is 0.540. The number of halogens is 3. The van der Waals surface area contributed by atoms with Crippen LogP contribution in [0.3, 0.4) is 0 Å². The Hall–Kier alpha value is 3.03. The molecule has 0 bridgehead atoms. The van der Waals surface area contributed by atoms with Crippen molar-refractivity contribution in [3.05, 3.63) is 0 Å². The minimum absolute atomic E-state index is 0.985. The molecule has 0 aliphatic carbocycles. The van der Waals surface area contributed by atoms with Gasteiger partial charge in [-0.15, -0.1) is 0 Å². The van der Waals surface area contributed by atoms with Gasteiger partial charge in [0.05, 0.1) is 0 Å². The number of hydrogen-bond donors (Lipinski definition) is 0. The average Bonchev–Trinajstić information content (AvgIpc) is 1.78. The predicted octanol–water partition coefficient (Wildman–Crippen LogP) is 4.31. The Bertz CT molecular complexity index is 83.5. The van der Waals surface area contributed by atoms with Crippen LogP contribution in [0.5, 0.6) is 0 Å². The Morgan fingerprint density at radius 2 is 1.80 bits per heavy atom. The molecule has 0 aromatic rings. The molecule has 0 N–H and O–H groups in total. The quantitative estimate of drug-likeness (QED) is 0.361. The van der Waals surface area contributed by atoms with Crippen LogP contribution >= 0.6 is 54.1 Å². The molecule has 0 unspecified atom stereocenters. The molecule has 0 radical (unpaired) electrons. The van der Waals surface area contributed by atoms with E-state index < -0.39 is 8.14 Å². The van der Waals surface area contributed by atoms with Gasteiger partial charge in [0.2, 0.25) is 0 Å². The minimum atomic E-state index is -1.94. The summed E-state index contributed by atoms with van der Waals surface area (Å²) in [6.45, 7) is 3.20. The van der Waals surface area contributed by atoms with Crippen molar-refractivity contribution in [2.24, 2.45) is 0 Å². The second-order valence-electron chi connectivity index (χ2n) is 2.00. The van der Waals surface area contributed by atoms with E-state index in [1.54, 1.807) is 0 Å². The SMILES string of the molecule is CCCCC[O][Zr]([I])([I])[I]. The summed E-state index contributed by atoms with van der Waals surface area (Å²) in [5.41, 5.74) is 0. The molecule has 0 amide bonds. The zero-order valence-corrected chi connectivity index (χ0v) is 14.8. The second kappa shape index (κ2) is 7.44. The average molecular weight is 559 g/mol. The molecule has 0 aromatic carbocycles. The van der Waals surface area contributed by atoms with Crippen LogP contribution < -0.4 is 0 Å². The van der Waals surface area contributed by atoms with Gasteiger partial charge < -0.3 is 0 Å². The Labute approximate surface area is 95.5 Å². The summed E-state index contributed by atoms with van der Waals surface area (Å²) in [5, 5.41) is 0. The Kier molecular flexibility index (Phi) is 9.69. The molecule has 10 heavy (non-hydrogen) atoms. The van der Waals surface area contributed by atoms with E-state index >= 15 is 0 Å². The molecule has 0 rings (SSSR count). The van der Waals surface area contributed by atoms with Crippen molar-refractivity contribution in [1.82, 2.24) is 0 Å². The molecule has 0 heterocycles. The Morgan fingerprint density at radius 1 is 1.20 bits per heavy atom. The fourth-order valence-corrected chi connectivity index (χ4v) is 5.37. The molecular weight excluding hydrogens is 548 g/mol. The summed E-state index contributed by atoms with van der Waals surface area (Å²) < 4.78 is 5.70. The maximum atomic E-state index is 5.70. The van der Waals surface area contributed by atoms with Gasteiger partial charge in [-0.25, -0.2) is 0 Å². The third kappa shape index (κ3) is 11.0. The van der Waals surface area contributed by atoms with E-state index in [-0.39, 0.29) is 0 Å². The normalized spacial score (nSPS) is 12.0. The molecule has 0 saturated carbocycles. The molecule has 0 spiro atoms. The molecule has 0 fully saturated rings. The predicted molar refractivity (Wildman–Crippen MR) is 67.5 cm³/mol. The van der Waals surface area contributed by atoms with Gasteiger partial charge in [0.15, 0.2) is 0 Å². The molecular formula is C5H11I3OZr. The first-order valence-electron chi connectivity index (χ1n) is 3.27. The molecule has 0 atom stereocenters. The standard InChI is InChI=1S/C5H11O.3HI.Zr/c1-2-3-4-5-6;;;;/h2-5H2,1H3;3*1H;/q-1;;;;+4/p-3. The van der Waals surface area contributed by atoms with Gasteiger partial charge in [-0.1, -0.05) is 0 Å². The molecule has 0 saturated heterocycles. The van der Waals surface area contributed by atoms with Gasteiger partial charge >= 0.3 is 97.9 Å². The van der Waals surface area contributed by atoms with Gasteiger partial charge in [-0.05, 0) is 0 Å². The van der Waals surface area contributed by atoms with Gasteiger partial charge in [0.1, 0.15) is 0 Å². The summed E-state index contributed by atoms with van der Waals surface area (Å²) in [4.78, 5) is 0. The van der Waals surface area contributed by atoms with Gasteiger partial charge in [-0.3, -0.25) is 0 Å². The van der Waals surface area contributed by atoms with Crippen LogP contribution in [0.15, 0.2) is 0 Å². The molecule has 0 aliphatic rings. The maximum absolute atomic E-state index is 5.70.